The first-order valence-corrected chi connectivity index (χ1v) is 12.6. The first kappa shape index (κ1) is 25.8. The van der Waals surface area contributed by atoms with Crippen molar-refractivity contribution < 1.29 is 23.8 Å². The molecule has 0 aliphatic carbocycles. The van der Waals surface area contributed by atoms with Gasteiger partial charge in [-0.05, 0) is 53.6 Å². The van der Waals surface area contributed by atoms with Crippen molar-refractivity contribution in [3.8, 4) is 5.75 Å². The molecule has 10 heteroatoms. The maximum atomic E-state index is 13.5. The van der Waals surface area contributed by atoms with Crippen molar-refractivity contribution >= 4 is 23.6 Å². The van der Waals surface area contributed by atoms with Crippen molar-refractivity contribution in [2.75, 3.05) is 6.61 Å². The fraction of sp³-hybridized carbons (Fsp3) is 0.241. The summed E-state index contributed by atoms with van der Waals surface area (Å²) in [7, 11) is 0. The molecule has 4 aromatic rings. The molecule has 2 atom stereocenters. The van der Waals surface area contributed by atoms with E-state index in [9.17, 15) is 9.59 Å². The molecular weight excluding hydrogens is 498 g/mol. The van der Waals surface area contributed by atoms with Crippen LogP contribution in [0.25, 0.3) is 0 Å². The van der Waals surface area contributed by atoms with E-state index in [1.54, 1.807) is 26.0 Å². The predicted molar refractivity (Wildman–Crippen MR) is 142 cm³/mol. The van der Waals surface area contributed by atoms with Gasteiger partial charge in [0.15, 0.2) is 0 Å². The number of carbonyl (C=O) groups excluding carboxylic acids is 2. The number of esters is 2. The average molecular weight is 526 g/mol. The van der Waals surface area contributed by atoms with Crippen LogP contribution in [0, 0.1) is 5.92 Å². The molecule has 2 heterocycles. The first-order chi connectivity index (χ1) is 19.0. The van der Waals surface area contributed by atoms with Gasteiger partial charge in [0.1, 0.15) is 30.9 Å². The maximum absolute atomic E-state index is 13.5. The number of ether oxygens (including phenoxy) is 3. The largest absolute Gasteiger partial charge is 0.489 e. The summed E-state index contributed by atoms with van der Waals surface area (Å²) in [6, 6.07) is 23.3. The van der Waals surface area contributed by atoms with Crippen molar-refractivity contribution in [1.29, 1.82) is 0 Å². The van der Waals surface area contributed by atoms with Crippen LogP contribution in [0.1, 0.15) is 46.9 Å². The lowest BCUT2D eigenvalue weighted by Gasteiger charge is -2.30. The Morgan fingerprint density at radius 1 is 0.872 bits per heavy atom. The number of tetrazole rings is 1. The molecule has 0 saturated heterocycles. The lowest BCUT2D eigenvalue weighted by Crippen LogP contribution is -2.37. The zero-order valence-corrected chi connectivity index (χ0v) is 21.6. The summed E-state index contributed by atoms with van der Waals surface area (Å²) in [4.78, 5) is 29.9. The number of carbonyl (C=O) groups is 2. The molecule has 0 bridgehead atoms. The van der Waals surface area contributed by atoms with Crippen LogP contribution in [0.4, 0.5) is 5.95 Å². The molecule has 198 valence electrons. The van der Waals surface area contributed by atoms with Gasteiger partial charge in [-0.1, -0.05) is 65.8 Å². The highest BCUT2D eigenvalue weighted by Gasteiger charge is 2.41. The summed E-state index contributed by atoms with van der Waals surface area (Å²) in [6.45, 7) is 4.23. The van der Waals surface area contributed by atoms with Crippen LogP contribution in [-0.4, -0.2) is 44.5 Å². The summed E-state index contributed by atoms with van der Waals surface area (Å²) in [5, 5.41) is 11.9. The third-order valence-corrected chi connectivity index (χ3v) is 6.36. The zero-order chi connectivity index (χ0) is 27.2. The Bertz CT molecular complexity index is 1480. The van der Waals surface area contributed by atoms with Gasteiger partial charge >= 0.3 is 11.9 Å². The number of para-hydroxylation sites is 1. The van der Waals surface area contributed by atoms with Gasteiger partial charge in [-0.15, -0.1) is 0 Å². The molecule has 0 amide bonds. The van der Waals surface area contributed by atoms with Crippen LogP contribution in [0.5, 0.6) is 5.75 Å². The molecular formula is C29H27N5O5. The van der Waals surface area contributed by atoms with Gasteiger partial charge in [0, 0.05) is 11.3 Å². The molecule has 0 N–H and O–H groups in total. The van der Waals surface area contributed by atoms with E-state index >= 15 is 0 Å². The normalized spacial score (nSPS) is 16.1. The average Bonchev–Trinajstić information content (AvgIpc) is 3.43. The van der Waals surface area contributed by atoms with Gasteiger partial charge in [-0.25, -0.2) is 14.5 Å². The van der Waals surface area contributed by atoms with Crippen molar-refractivity contribution in [3.05, 3.63) is 101 Å². The van der Waals surface area contributed by atoms with E-state index in [2.05, 4.69) is 20.5 Å². The second-order valence-electron chi connectivity index (χ2n) is 8.94. The minimum atomic E-state index is -0.765. The molecule has 39 heavy (non-hydrogen) atoms. The summed E-state index contributed by atoms with van der Waals surface area (Å²) in [6.07, 6.45) is 0. The Hall–Kier alpha value is -4.86. The monoisotopic (exact) mass is 525 g/mol. The van der Waals surface area contributed by atoms with Crippen molar-refractivity contribution in [1.82, 2.24) is 20.2 Å². The Balaban J connectivity index is 1.40. The molecule has 0 fully saturated rings. The fourth-order valence-electron chi connectivity index (χ4n) is 4.44. The van der Waals surface area contributed by atoms with E-state index in [4.69, 9.17) is 14.2 Å². The molecule has 0 radical (unpaired) electrons. The molecule has 1 aliphatic heterocycles. The molecule has 2 unspecified atom stereocenters. The summed E-state index contributed by atoms with van der Waals surface area (Å²) in [5.74, 6) is -0.705. The highest BCUT2D eigenvalue weighted by atomic mass is 16.5. The first-order valence-electron chi connectivity index (χ1n) is 12.6. The lowest BCUT2D eigenvalue weighted by atomic mass is 9.88. The zero-order valence-electron chi connectivity index (χ0n) is 21.6. The van der Waals surface area contributed by atoms with Gasteiger partial charge < -0.3 is 14.2 Å². The number of fused-ring (bicyclic) bond motifs is 1. The molecule has 10 nitrogen and oxygen atoms in total. The quantitative estimate of drug-likeness (QED) is 0.294. The van der Waals surface area contributed by atoms with Crippen LogP contribution in [0.3, 0.4) is 0 Å². The highest BCUT2D eigenvalue weighted by Crippen LogP contribution is 2.39. The molecule has 1 aromatic heterocycles. The van der Waals surface area contributed by atoms with Crippen molar-refractivity contribution in [2.24, 2.45) is 10.9 Å². The molecule has 3 aromatic carbocycles. The Morgan fingerprint density at radius 2 is 1.59 bits per heavy atom. The molecule has 1 aliphatic rings. The number of benzene rings is 3. The van der Waals surface area contributed by atoms with E-state index < -0.39 is 17.9 Å². The number of aliphatic imine (C=N–C) groups is 1. The summed E-state index contributed by atoms with van der Waals surface area (Å²) >= 11 is 0. The Morgan fingerprint density at radius 3 is 2.36 bits per heavy atom. The van der Waals surface area contributed by atoms with E-state index in [1.165, 1.54) is 4.68 Å². The smallest absolute Gasteiger partial charge is 0.338 e. The molecule has 5 rings (SSSR count). The minimum absolute atomic E-state index is 0.137. The van der Waals surface area contributed by atoms with Gasteiger partial charge in [0.2, 0.25) is 0 Å². The topological polar surface area (TPSA) is 118 Å². The van der Waals surface area contributed by atoms with E-state index in [0.29, 0.717) is 35.1 Å². The van der Waals surface area contributed by atoms with Crippen molar-refractivity contribution in [2.45, 2.75) is 33.1 Å². The number of nitrogens with zero attached hydrogens (tertiary/aromatic N) is 5. The fourth-order valence-corrected chi connectivity index (χ4v) is 4.44. The highest BCUT2D eigenvalue weighted by molar-refractivity contribution is 6.03. The third kappa shape index (κ3) is 5.69. The van der Waals surface area contributed by atoms with E-state index in [0.717, 1.165) is 11.1 Å². The van der Waals surface area contributed by atoms with Crippen LogP contribution >= 0.6 is 0 Å². The number of aromatic nitrogens is 4. The second-order valence-corrected chi connectivity index (χ2v) is 8.94. The van der Waals surface area contributed by atoms with Gasteiger partial charge in [-0.3, -0.25) is 4.79 Å². The van der Waals surface area contributed by atoms with E-state index in [1.807, 2.05) is 66.7 Å². The Kier molecular flexibility index (Phi) is 7.72. The van der Waals surface area contributed by atoms with Crippen molar-refractivity contribution in [3.63, 3.8) is 0 Å². The summed E-state index contributed by atoms with van der Waals surface area (Å²) in [5.41, 5.74) is 3.48. The predicted octanol–water partition coefficient (Wildman–Crippen LogP) is 4.48. The minimum Gasteiger partial charge on any atom is -0.489 e. The van der Waals surface area contributed by atoms with Crippen LogP contribution in [0.15, 0.2) is 83.9 Å². The van der Waals surface area contributed by atoms with Crippen LogP contribution in [-0.2, 0) is 27.5 Å². The van der Waals surface area contributed by atoms with Gasteiger partial charge in [0.05, 0.1) is 12.2 Å². The second kappa shape index (κ2) is 11.7. The molecule has 0 spiro atoms. The number of rotatable bonds is 9. The van der Waals surface area contributed by atoms with Crippen LogP contribution in [0.2, 0.25) is 0 Å². The van der Waals surface area contributed by atoms with Gasteiger partial charge in [-0.2, -0.15) is 0 Å². The van der Waals surface area contributed by atoms with Crippen LogP contribution < -0.4 is 4.74 Å². The van der Waals surface area contributed by atoms with E-state index in [-0.39, 0.29) is 19.2 Å². The summed E-state index contributed by atoms with van der Waals surface area (Å²) < 4.78 is 18.5. The Labute approximate surface area is 225 Å². The lowest BCUT2D eigenvalue weighted by molar-refractivity contribution is -0.148. The SMILES string of the molecule is CCOC(=O)c1ccc(COc2ccccc2C2C(C(=O)OCc3ccccc3)C(C)=Nc3nnnn32)cc1. The molecule has 0 saturated carbocycles. The maximum Gasteiger partial charge on any atom is 0.338 e. The third-order valence-electron chi connectivity index (χ3n) is 6.36. The standard InChI is InChI=1S/C29H27N5O5/c1-3-37-27(35)22-15-13-21(14-16-22)17-38-24-12-8-7-11-23(24)26-25(19(2)30-29-31-32-33-34(26)29)28(36)39-18-20-9-5-4-6-10-20/h4-16,25-26H,3,17-18H2,1-2H3. The van der Waals surface area contributed by atoms with Gasteiger partial charge in [0.25, 0.3) is 5.95 Å². The number of hydrogen-bond donors (Lipinski definition) is 0. The number of hydrogen-bond acceptors (Lipinski definition) is 9.